The standard InChI is InChI=1S/C18H21FS.C9H7FS/c1-3-4-13-6-9-14(10-7-13)16-11-15-8-5-12(2)17(19)18(15)20-16;1-6-2-3-7-4-5-11-9(7)8(6)10/h5,8-9,11,13H,3-4,6-7,10H2,1-2H3;2-5H,1H3. The van der Waals surface area contributed by atoms with Crippen LogP contribution in [-0.2, 0) is 0 Å². The zero-order chi connectivity index (χ0) is 22.0. The molecule has 1 atom stereocenters. The van der Waals surface area contributed by atoms with E-state index in [0.29, 0.717) is 0 Å². The van der Waals surface area contributed by atoms with Gasteiger partial charge in [-0.2, -0.15) is 0 Å². The normalized spacial score (nSPS) is 16.3. The first kappa shape index (κ1) is 22.2. The molecule has 2 heterocycles. The quantitative estimate of drug-likeness (QED) is 0.289. The van der Waals surface area contributed by atoms with Gasteiger partial charge in [0.05, 0.1) is 9.40 Å². The van der Waals surface area contributed by atoms with Crippen LogP contribution >= 0.6 is 22.7 Å². The van der Waals surface area contributed by atoms with Crippen LogP contribution in [0.15, 0.2) is 47.9 Å². The molecular weight excluding hydrogens is 426 g/mol. The summed E-state index contributed by atoms with van der Waals surface area (Å²) in [6.45, 7) is 5.88. The maximum absolute atomic E-state index is 14.1. The molecule has 1 aliphatic rings. The predicted molar refractivity (Wildman–Crippen MR) is 133 cm³/mol. The number of rotatable bonds is 3. The van der Waals surface area contributed by atoms with Crippen molar-refractivity contribution in [2.24, 2.45) is 5.92 Å². The van der Waals surface area contributed by atoms with E-state index in [9.17, 15) is 8.78 Å². The number of hydrogen-bond acceptors (Lipinski definition) is 2. The molecule has 0 radical (unpaired) electrons. The van der Waals surface area contributed by atoms with Gasteiger partial charge < -0.3 is 0 Å². The van der Waals surface area contributed by atoms with Crippen molar-refractivity contribution < 1.29 is 8.78 Å². The summed E-state index contributed by atoms with van der Waals surface area (Å²) in [7, 11) is 0. The highest BCUT2D eigenvalue weighted by molar-refractivity contribution is 7.20. The highest BCUT2D eigenvalue weighted by atomic mass is 32.1. The number of hydrogen-bond donors (Lipinski definition) is 0. The second-order valence-electron chi connectivity index (χ2n) is 8.42. The largest absolute Gasteiger partial charge is 0.205 e. The molecule has 0 saturated heterocycles. The predicted octanol–water partition coefficient (Wildman–Crippen LogP) is 9.68. The Labute approximate surface area is 191 Å². The third-order valence-electron chi connectivity index (χ3n) is 6.11. The van der Waals surface area contributed by atoms with E-state index in [-0.39, 0.29) is 11.6 Å². The van der Waals surface area contributed by atoms with Crippen molar-refractivity contribution in [3.8, 4) is 0 Å². The zero-order valence-corrected chi connectivity index (χ0v) is 19.9. The fourth-order valence-electron chi connectivity index (χ4n) is 4.20. The van der Waals surface area contributed by atoms with Gasteiger partial charge in [-0.25, -0.2) is 8.78 Å². The van der Waals surface area contributed by atoms with Crippen molar-refractivity contribution in [1.29, 1.82) is 0 Å². The number of fused-ring (bicyclic) bond motifs is 2. The Hall–Kier alpha value is -2.04. The van der Waals surface area contributed by atoms with Gasteiger partial charge in [0.15, 0.2) is 0 Å². The Morgan fingerprint density at radius 3 is 2.32 bits per heavy atom. The van der Waals surface area contributed by atoms with Gasteiger partial charge in [-0.05, 0) is 84.0 Å². The minimum atomic E-state index is -0.0718. The molecule has 2 aromatic heterocycles. The highest BCUT2D eigenvalue weighted by Gasteiger charge is 2.17. The van der Waals surface area contributed by atoms with Crippen LogP contribution in [0.3, 0.4) is 0 Å². The van der Waals surface area contributed by atoms with Crippen LogP contribution in [0.4, 0.5) is 8.78 Å². The Kier molecular flexibility index (Phi) is 6.88. The van der Waals surface area contributed by atoms with Gasteiger partial charge in [0, 0.05) is 4.88 Å². The third kappa shape index (κ3) is 4.75. The number of thiophene rings is 2. The highest BCUT2D eigenvalue weighted by Crippen LogP contribution is 2.39. The smallest absolute Gasteiger partial charge is 0.143 e. The van der Waals surface area contributed by atoms with Gasteiger partial charge in [-0.1, -0.05) is 50.1 Å². The molecule has 4 aromatic rings. The van der Waals surface area contributed by atoms with Gasteiger partial charge in [0.1, 0.15) is 11.6 Å². The molecule has 4 heteroatoms. The maximum atomic E-state index is 14.1. The Bertz CT molecular complexity index is 1230. The number of aryl methyl sites for hydroxylation is 2. The summed E-state index contributed by atoms with van der Waals surface area (Å²) in [5, 5.41) is 3.95. The van der Waals surface area contributed by atoms with Crippen molar-refractivity contribution in [2.45, 2.75) is 52.9 Å². The van der Waals surface area contributed by atoms with E-state index >= 15 is 0 Å². The second-order valence-corrected chi connectivity index (χ2v) is 10.4. The third-order valence-corrected chi connectivity index (χ3v) is 8.25. The van der Waals surface area contributed by atoms with Gasteiger partial charge in [-0.15, -0.1) is 22.7 Å². The summed E-state index contributed by atoms with van der Waals surface area (Å²) in [4.78, 5) is 1.26. The van der Waals surface area contributed by atoms with E-state index in [2.05, 4.69) is 19.1 Å². The van der Waals surface area contributed by atoms with Crippen molar-refractivity contribution in [3.05, 3.63) is 75.5 Å². The lowest BCUT2D eigenvalue weighted by Gasteiger charge is -2.20. The molecule has 0 fully saturated rings. The second kappa shape index (κ2) is 9.62. The van der Waals surface area contributed by atoms with Gasteiger partial charge in [-0.3, -0.25) is 0 Å². The Morgan fingerprint density at radius 2 is 1.65 bits per heavy atom. The van der Waals surface area contributed by atoms with E-state index in [0.717, 1.165) is 43.6 Å². The molecular formula is C27H28F2S2. The summed E-state index contributed by atoms with van der Waals surface area (Å²) in [6, 6.07) is 11.8. The van der Waals surface area contributed by atoms with E-state index in [1.165, 1.54) is 47.5 Å². The van der Waals surface area contributed by atoms with Gasteiger partial charge in [0.25, 0.3) is 0 Å². The van der Waals surface area contributed by atoms with Crippen LogP contribution in [0.5, 0.6) is 0 Å². The monoisotopic (exact) mass is 454 g/mol. The minimum absolute atomic E-state index is 0.0426. The topological polar surface area (TPSA) is 0 Å². The molecule has 0 N–H and O–H groups in total. The molecule has 0 amide bonds. The van der Waals surface area contributed by atoms with Crippen LogP contribution in [0.25, 0.3) is 25.7 Å². The Morgan fingerprint density at radius 1 is 0.935 bits per heavy atom. The summed E-state index contributed by atoms with van der Waals surface area (Å²) < 4.78 is 29.0. The lowest BCUT2D eigenvalue weighted by atomic mass is 9.86. The van der Waals surface area contributed by atoms with Crippen molar-refractivity contribution in [1.82, 2.24) is 0 Å². The van der Waals surface area contributed by atoms with Crippen LogP contribution in [-0.4, -0.2) is 0 Å². The number of benzene rings is 2. The fraction of sp³-hybridized carbons (Fsp3) is 0.333. The van der Waals surface area contributed by atoms with Crippen LogP contribution in [0.1, 0.15) is 55.0 Å². The minimum Gasteiger partial charge on any atom is -0.205 e. The fourth-order valence-corrected chi connectivity index (χ4v) is 6.31. The van der Waals surface area contributed by atoms with Crippen LogP contribution < -0.4 is 0 Å². The zero-order valence-electron chi connectivity index (χ0n) is 18.3. The molecule has 31 heavy (non-hydrogen) atoms. The van der Waals surface area contributed by atoms with Crippen LogP contribution in [0.2, 0.25) is 0 Å². The summed E-state index contributed by atoms with van der Waals surface area (Å²) in [6.07, 6.45) is 8.64. The number of allylic oxidation sites excluding steroid dienone is 2. The Balaban J connectivity index is 0.000000177. The van der Waals surface area contributed by atoms with E-state index < -0.39 is 0 Å². The van der Waals surface area contributed by atoms with E-state index in [4.69, 9.17) is 0 Å². The average Bonchev–Trinajstić information content (AvgIpc) is 3.43. The molecule has 162 valence electrons. The molecule has 2 aromatic carbocycles. The molecule has 1 unspecified atom stereocenters. The van der Waals surface area contributed by atoms with Gasteiger partial charge >= 0.3 is 0 Å². The van der Waals surface area contributed by atoms with Crippen molar-refractivity contribution >= 4 is 48.4 Å². The SMILES string of the molecule is CCCC1CC=C(c2cc3ccc(C)c(F)c3s2)CC1.Cc1ccc2ccsc2c1F. The number of halogens is 2. The summed E-state index contributed by atoms with van der Waals surface area (Å²) in [5.41, 5.74) is 2.89. The van der Waals surface area contributed by atoms with E-state index in [1.54, 1.807) is 18.3 Å². The lowest BCUT2D eigenvalue weighted by molar-refractivity contribution is 0.445. The molecule has 0 spiro atoms. The molecule has 1 aliphatic carbocycles. The molecule has 0 aliphatic heterocycles. The maximum Gasteiger partial charge on any atom is 0.143 e. The van der Waals surface area contributed by atoms with E-state index in [1.807, 2.05) is 42.6 Å². The first-order valence-electron chi connectivity index (χ1n) is 11.0. The van der Waals surface area contributed by atoms with Crippen molar-refractivity contribution in [2.75, 3.05) is 0 Å². The van der Waals surface area contributed by atoms with Crippen molar-refractivity contribution in [3.63, 3.8) is 0 Å². The summed E-state index contributed by atoms with van der Waals surface area (Å²) >= 11 is 3.07. The van der Waals surface area contributed by atoms with Crippen LogP contribution in [0, 0.1) is 31.4 Å². The lowest BCUT2D eigenvalue weighted by Crippen LogP contribution is -2.04. The molecule has 5 rings (SSSR count). The first-order valence-corrected chi connectivity index (χ1v) is 12.7. The first-order chi connectivity index (χ1) is 15.0. The molecule has 0 nitrogen and oxygen atoms in total. The summed E-state index contributed by atoms with van der Waals surface area (Å²) in [5.74, 6) is 0.744. The molecule has 0 saturated carbocycles. The molecule has 0 bridgehead atoms. The van der Waals surface area contributed by atoms with Gasteiger partial charge in [0.2, 0.25) is 0 Å². The average molecular weight is 455 g/mol.